The fourth-order valence-electron chi connectivity index (χ4n) is 1.47. The minimum atomic E-state index is 0.568. The van der Waals surface area contributed by atoms with Gasteiger partial charge in [-0.1, -0.05) is 11.8 Å². The second-order valence-corrected chi connectivity index (χ2v) is 4.49. The van der Waals surface area contributed by atoms with E-state index in [9.17, 15) is 0 Å². The number of nitrogen functional groups attached to an aromatic ring is 1. The Kier molecular flexibility index (Phi) is 4.48. The highest BCUT2D eigenvalue weighted by atomic mass is 32.2. The van der Waals surface area contributed by atoms with Gasteiger partial charge in [-0.3, -0.25) is 0 Å². The SMILES string of the molecule is CSc1nc(NN)cc(NCc2ccnc(C)n2)n1. The van der Waals surface area contributed by atoms with E-state index in [1.54, 1.807) is 12.3 Å². The predicted molar refractivity (Wildman–Crippen MR) is 75.7 cm³/mol. The van der Waals surface area contributed by atoms with Gasteiger partial charge in [0, 0.05) is 12.3 Å². The Labute approximate surface area is 115 Å². The molecule has 0 aromatic carbocycles. The van der Waals surface area contributed by atoms with Crippen LogP contribution in [0.15, 0.2) is 23.5 Å². The van der Waals surface area contributed by atoms with Gasteiger partial charge in [-0.15, -0.1) is 0 Å². The smallest absolute Gasteiger partial charge is 0.191 e. The maximum atomic E-state index is 5.37. The lowest BCUT2D eigenvalue weighted by Crippen LogP contribution is -2.11. The number of anilines is 2. The molecule has 0 amide bonds. The second kappa shape index (κ2) is 6.30. The summed E-state index contributed by atoms with van der Waals surface area (Å²) in [4.78, 5) is 16.9. The van der Waals surface area contributed by atoms with Gasteiger partial charge in [0.25, 0.3) is 0 Å². The summed E-state index contributed by atoms with van der Waals surface area (Å²) < 4.78 is 0. The van der Waals surface area contributed by atoms with Crippen molar-refractivity contribution in [2.24, 2.45) is 5.84 Å². The molecule has 8 heteroatoms. The lowest BCUT2D eigenvalue weighted by Gasteiger charge is -2.08. The van der Waals surface area contributed by atoms with Crippen LogP contribution in [0.3, 0.4) is 0 Å². The number of thioether (sulfide) groups is 1. The number of rotatable bonds is 5. The Hall–Kier alpha value is -1.93. The van der Waals surface area contributed by atoms with Crippen LogP contribution >= 0.6 is 11.8 Å². The normalized spacial score (nSPS) is 10.3. The van der Waals surface area contributed by atoms with Crippen molar-refractivity contribution in [2.75, 3.05) is 17.0 Å². The maximum absolute atomic E-state index is 5.37. The molecule has 0 radical (unpaired) electrons. The van der Waals surface area contributed by atoms with Crippen LogP contribution in [-0.2, 0) is 6.54 Å². The minimum absolute atomic E-state index is 0.568. The van der Waals surface area contributed by atoms with Crippen molar-refractivity contribution in [1.82, 2.24) is 19.9 Å². The molecule has 19 heavy (non-hydrogen) atoms. The van der Waals surface area contributed by atoms with Gasteiger partial charge in [0.15, 0.2) is 5.16 Å². The third-order valence-electron chi connectivity index (χ3n) is 2.32. The van der Waals surface area contributed by atoms with Crippen LogP contribution in [0.1, 0.15) is 11.5 Å². The van der Waals surface area contributed by atoms with E-state index in [2.05, 4.69) is 30.7 Å². The highest BCUT2D eigenvalue weighted by Crippen LogP contribution is 2.16. The molecule has 0 atom stereocenters. The number of nitrogens with zero attached hydrogens (tertiary/aromatic N) is 4. The molecular formula is C11H15N7S. The average molecular weight is 277 g/mol. The van der Waals surface area contributed by atoms with E-state index < -0.39 is 0 Å². The minimum Gasteiger partial charge on any atom is -0.364 e. The lowest BCUT2D eigenvalue weighted by molar-refractivity contribution is 0.923. The molecule has 100 valence electrons. The fraction of sp³-hybridized carbons (Fsp3) is 0.273. The zero-order valence-electron chi connectivity index (χ0n) is 10.7. The lowest BCUT2D eigenvalue weighted by atomic mass is 10.4. The topological polar surface area (TPSA) is 102 Å². The monoisotopic (exact) mass is 277 g/mol. The van der Waals surface area contributed by atoms with Crippen LogP contribution in [0.5, 0.6) is 0 Å². The van der Waals surface area contributed by atoms with Crippen molar-refractivity contribution in [3.63, 3.8) is 0 Å². The molecule has 4 N–H and O–H groups in total. The number of aryl methyl sites for hydroxylation is 1. The van der Waals surface area contributed by atoms with Crippen molar-refractivity contribution in [2.45, 2.75) is 18.6 Å². The van der Waals surface area contributed by atoms with Crippen LogP contribution in [-0.4, -0.2) is 26.2 Å². The van der Waals surface area contributed by atoms with Gasteiger partial charge in [-0.05, 0) is 19.2 Å². The number of hydrogen-bond acceptors (Lipinski definition) is 8. The molecule has 2 aromatic rings. The van der Waals surface area contributed by atoms with Crippen molar-refractivity contribution in [1.29, 1.82) is 0 Å². The van der Waals surface area contributed by atoms with Crippen molar-refractivity contribution in [3.8, 4) is 0 Å². The molecule has 7 nitrogen and oxygen atoms in total. The number of nitrogens with two attached hydrogens (primary N) is 1. The van der Waals surface area contributed by atoms with E-state index in [-0.39, 0.29) is 0 Å². The first-order valence-corrected chi connectivity index (χ1v) is 6.86. The third-order valence-corrected chi connectivity index (χ3v) is 2.87. The van der Waals surface area contributed by atoms with E-state index in [0.29, 0.717) is 23.3 Å². The largest absolute Gasteiger partial charge is 0.364 e. The van der Waals surface area contributed by atoms with Gasteiger partial charge >= 0.3 is 0 Å². The van der Waals surface area contributed by atoms with Crippen LogP contribution in [0.4, 0.5) is 11.6 Å². The van der Waals surface area contributed by atoms with E-state index in [4.69, 9.17) is 5.84 Å². The summed E-state index contributed by atoms with van der Waals surface area (Å²) in [5.41, 5.74) is 3.42. The van der Waals surface area contributed by atoms with Gasteiger partial charge in [0.2, 0.25) is 0 Å². The highest BCUT2D eigenvalue weighted by molar-refractivity contribution is 7.98. The van der Waals surface area contributed by atoms with Crippen LogP contribution in [0.25, 0.3) is 0 Å². The van der Waals surface area contributed by atoms with Crippen molar-refractivity contribution in [3.05, 3.63) is 29.8 Å². The molecule has 0 spiro atoms. The highest BCUT2D eigenvalue weighted by Gasteiger charge is 2.03. The summed E-state index contributed by atoms with van der Waals surface area (Å²) in [6.07, 6.45) is 3.65. The predicted octanol–water partition coefficient (Wildman–Crippen LogP) is 1.19. The molecule has 0 aliphatic heterocycles. The van der Waals surface area contributed by atoms with Crippen molar-refractivity contribution < 1.29 is 0 Å². The van der Waals surface area contributed by atoms with E-state index in [1.165, 1.54) is 11.8 Å². The quantitative estimate of drug-likeness (QED) is 0.324. The fourth-order valence-corrected chi connectivity index (χ4v) is 1.84. The van der Waals surface area contributed by atoms with Gasteiger partial charge in [0.05, 0.1) is 12.2 Å². The van der Waals surface area contributed by atoms with Gasteiger partial charge in [-0.2, -0.15) is 0 Å². The molecule has 0 saturated heterocycles. The standard InChI is InChI=1S/C11H15N7S/c1-7-13-4-3-8(15-7)6-14-9-5-10(18-12)17-11(16-9)19-2/h3-5H,6,12H2,1-2H3,(H2,14,16,17,18). The van der Waals surface area contributed by atoms with Crippen LogP contribution in [0.2, 0.25) is 0 Å². The molecule has 2 aromatic heterocycles. The van der Waals surface area contributed by atoms with Gasteiger partial charge in [0.1, 0.15) is 17.5 Å². The Morgan fingerprint density at radius 2 is 2.05 bits per heavy atom. The number of nitrogens with one attached hydrogen (secondary N) is 2. The zero-order chi connectivity index (χ0) is 13.7. The Balaban J connectivity index is 2.10. The summed E-state index contributed by atoms with van der Waals surface area (Å²) >= 11 is 1.45. The number of aromatic nitrogens is 4. The molecule has 0 fully saturated rings. The summed E-state index contributed by atoms with van der Waals surface area (Å²) in [6, 6.07) is 3.60. The van der Waals surface area contributed by atoms with Crippen molar-refractivity contribution >= 4 is 23.4 Å². The number of hydrogen-bond donors (Lipinski definition) is 3. The first-order valence-electron chi connectivity index (χ1n) is 5.63. The number of hydrazine groups is 1. The summed E-state index contributed by atoms with van der Waals surface area (Å²) in [6.45, 7) is 2.43. The maximum Gasteiger partial charge on any atom is 0.191 e. The van der Waals surface area contributed by atoms with E-state index in [0.717, 1.165) is 11.5 Å². The molecule has 0 bridgehead atoms. The Bertz CT molecular complexity index is 538. The molecular weight excluding hydrogens is 262 g/mol. The van der Waals surface area contributed by atoms with E-state index in [1.807, 2.05) is 19.2 Å². The average Bonchev–Trinajstić information content (AvgIpc) is 2.44. The molecule has 0 aliphatic rings. The van der Waals surface area contributed by atoms with Gasteiger partial charge in [-0.25, -0.2) is 25.8 Å². The molecule has 0 saturated carbocycles. The molecule has 2 rings (SSSR count). The third kappa shape index (κ3) is 3.76. The Morgan fingerprint density at radius 1 is 1.26 bits per heavy atom. The van der Waals surface area contributed by atoms with Crippen LogP contribution < -0.4 is 16.6 Å². The molecule has 0 aliphatic carbocycles. The molecule has 0 unspecified atom stereocenters. The van der Waals surface area contributed by atoms with Gasteiger partial charge < -0.3 is 10.7 Å². The van der Waals surface area contributed by atoms with E-state index >= 15 is 0 Å². The first kappa shape index (κ1) is 13.5. The second-order valence-electron chi connectivity index (χ2n) is 3.72. The van der Waals surface area contributed by atoms with Crippen LogP contribution in [0, 0.1) is 6.92 Å². The Morgan fingerprint density at radius 3 is 2.74 bits per heavy atom. The summed E-state index contributed by atoms with van der Waals surface area (Å²) in [5.74, 6) is 7.39. The molecule has 2 heterocycles. The zero-order valence-corrected chi connectivity index (χ0v) is 11.5. The summed E-state index contributed by atoms with van der Waals surface area (Å²) in [5, 5.41) is 3.84. The first-order chi connectivity index (χ1) is 9.21. The summed E-state index contributed by atoms with van der Waals surface area (Å²) in [7, 11) is 0.